The first-order chi connectivity index (χ1) is 13.9. The number of hydrogen-bond donors (Lipinski definition) is 1. The van der Waals surface area contributed by atoms with Gasteiger partial charge in [0.15, 0.2) is 0 Å². The third-order valence-corrected chi connectivity index (χ3v) is 12.1. The van der Waals surface area contributed by atoms with Crippen molar-refractivity contribution in [1.82, 2.24) is 5.32 Å². The van der Waals surface area contributed by atoms with Gasteiger partial charge in [-0.3, -0.25) is 5.32 Å². The Bertz CT molecular complexity index is 653. The van der Waals surface area contributed by atoms with E-state index in [9.17, 15) is 0 Å². The van der Waals surface area contributed by atoms with E-state index in [0.29, 0.717) is 22.9 Å². The van der Waals surface area contributed by atoms with E-state index in [4.69, 9.17) is 4.74 Å². The van der Waals surface area contributed by atoms with Gasteiger partial charge in [0.1, 0.15) is 5.72 Å². The normalized spacial score (nSPS) is 61.7. The van der Waals surface area contributed by atoms with E-state index < -0.39 is 0 Å². The van der Waals surface area contributed by atoms with Gasteiger partial charge >= 0.3 is 0 Å². The summed E-state index contributed by atoms with van der Waals surface area (Å²) in [7, 11) is 0. The molecule has 1 spiro atoms. The van der Waals surface area contributed by atoms with Crippen LogP contribution in [0.25, 0.3) is 0 Å². The highest BCUT2D eigenvalue weighted by molar-refractivity contribution is 5.16. The summed E-state index contributed by atoms with van der Waals surface area (Å²) in [4.78, 5) is 0. The molecule has 1 N–H and O–H groups in total. The molecule has 2 aliphatic heterocycles. The van der Waals surface area contributed by atoms with Crippen molar-refractivity contribution < 1.29 is 4.74 Å². The lowest BCUT2D eigenvalue weighted by molar-refractivity contribution is -0.132. The minimum absolute atomic E-state index is 0.000316. The first-order valence-electron chi connectivity index (χ1n) is 13.3. The zero-order valence-electron chi connectivity index (χ0n) is 19.5. The highest BCUT2D eigenvalue weighted by Crippen LogP contribution is 2.71. The van der Waals surface area contributed by atoms with Crippen LogP contribution >= 0.6 is 0 Å². The molecule has 6 fully saturated rings. The zero-order valence-corrected chi connectivity index (χ0v) is 19.5. The largest absolute Gasteiger partial charge is 0.357 e. The standard InChI is InChI=1S/C27H45NO/c1-17-10-14-27(28-16-17)18(2)24-23(29-27)15-22-20-9-8-19-7-5-6-12-25(19,3)21(20)11-13-26(22,24)4/h17-24,28H,5-16H2,1-4H3/t17-,18+,19?,20-,21+,22+,23+,24+,25+,26+,27-/m1/s1. The van der Waals surface area contributed by atoms with Crippen LogP contribution in [-0.2, 0) is 4.74 Å². The van der Waals surface area contributed by atoms with E-state index in [0.717, 1.165) is 42.1 Å². The quantitative estimate of drug-likeness (QED) is 0.509. The molecule has 11 atom stereocenters. The number of piperidine rings is 1. The molecule has 2 nitrogen and oxygen atoms in total. The molecular formula is C27H45NO. The summed E-state index contributed by atoms with van der Waals surface area (Å²) in [5.41, 5.74) is 1.19. The van der Waals surface area contributed by atoms with Crippen LogP contribution in [0.3, 0.4) is 0 Å². The summed E-state index contributed by atoms with van der Waals surface area (Å²) in [5, 5.41) is 3.91. The molecule has 0 aromatic rings. The molecule has 29 heavy (non-hydrogen) atoms. The topological polar surface area (TPSA) is 21.3 Å². The number of ether oxygens (including phenoxy) is 1. The van der Waals surface area contributed by atoms with Crippen molar-refractivity contribution >= 4 is 0 Å². The number of nitrogens with one attached hydrogen (secondary N) is 1. The van der Waals surface area contributed by atoms with Gasteiger partial charge in [-0.1, -0.05) is 40.5 Å². The third kappa shape index (κ3) is 2.54. The lowest BCUT2D eigenvalue weighted by Crippen LogP contribution is -2.57. The summed E-state index contributed by atoms with van der Waals surface area (Å²) in [6.07, 6.45) is 16.5. The molecule has 6 aliphatic rings. The molecule has 164 valence electrons. The fourth-order valence-corrected chi connectivity index (χ4v) is 10.5. The van der Waals surface area contributed by atoms with Crippen LogP contribution in [-0.4, -0.2) is 18.4 Å². The number of rotatable bonds is 0. The second-order valence-corrected chi connectivity index (χ2v) is 13.1. The van der Waals surface area contributed by atoms with Crippen molar-refractivity contribution in [3.8, 4) is 0 Å². The Morgan fingerprint density at radius 3 is 2.48 bits per heavy atom. The van der Waals surface area contributed by atoms with E-state index >= 15 is 0 Å². The summed E-state index contributed by atoms with van der Waals surface area (Å²) >= 11 is 0. The first kappa shape index (κ1) is 19.6. The van der Waals surface area contributed by atoms with E-state index in [-0.39, 0.29) is 5.72 Å². The second kappa shape index (κ2) is 6.47. The molecule has 1 unspecified atom stereocenters. The average molecular weight is 400 g/mol. The smallest absolute Gasteiger partial charge is 0.122 e. The monoisotopic (exact) mass is 399 g/mol. The molecule has 4 saturated carbocycles. The van der Waals surface area contributed by atoms with E-state index in [1.807, 2.05) is 0 Å². The molecule has 0 aromatic carbocycles. The lowest BCUT2D eigenvalue weighted by Gasteiger charge is -2.61. The molecule has 4 aliphatic carbocycles. The van der Waals surface area contributed by atoms with Crippen LogP contribution in [0.15, 0.2) is 0 Å². The summed E-state index contributed by atoms with van der Waals surface area (Å²) in [5.74, 6) is 6.23. The summed E-state index contributed by atoms with van der Waals surface area (Å²) in [6.45, 7) is 11.5. The maximum atomic E-state index is 7.03. The second-order valence-electron chi connectivity index (χ2n) is 13.1. The maximum absolute atomic E-state index is 7.03. The minimum Gasteiger partial charge on any atom is -0.357 e. The van der Waals surface area contributed by atoms with Crippen LogP contribution in [0.2, 0.25) is 0 Å². The van der Waals surface area contributed by atoms with Gasteiger partial charge in [-0.25, -0.2) is 0 Å². The summed E-state index contributed by atoms with van der Waals surface area (Å²) in [6, 6.07) is 0. The SMILES string of the molecule is C[C@@H]1CC[C@@]2(NC1)O[C@H]1C[C@H]3[C@@H]4CCC5CCCC[C@]5(C)[C@H]4CC[C@]3(C)[C@H]1[C@@H]2C. The Hall–Kier alpha value is -0.0800. The van der Waals surface area contributed by atoms with Crippen molar-refractivity contribution in [2.45, 2.75) is 110 Å². The highest BCUT2D eigenvalue weighted by Gasteiger charge is 2.68. The van der Waals surface area contributed by atoms with Gasteiger partial charge in [0.25, 0.3) is 0 Å². The first-order valence-corrected chi connectivity index (χ1v) is 13.3. The molecule has 2 heteroatoms. The van der Waals surface area contributed by atoms with E-state index in [2.05, 4.69) is 33.0 Å². The van der Waals surface area contributed by atoms with Gasteiger partial charge in [0.05, 0.1) is 6.10 Å². The van der Waals surface area contributed by atoms with Gasteiger partial charge in [0.2, 0.25) is 0 Å². The van der Waals surface area contributed by atoms with E-state index in [1.165, 1.54) is 70.6 Å². The van der Waals surface area contributed by atoms with Crippen molar-refractivity contribution in [2.75, 3.05) is 6.54 Å². The average Bonchev–Trinajstić information content (AvgIpc) is 3.15. The highest BCUT2D eigenvalue weighted by atomic mass is 16.5. The Kier molecular flexibility index (Phi) is 4.37. The Labute approximate surface area is 179 Å². The molecule has 2 heterocycles. The number of hydrogen-bond acceptors (Lipinski definition) is 2. The predicted molar refractivity (Wildman–Crippen MR) is 118 cm³/mol. The van der Waals surface area contributed by atoms with Gasteiger partial charge in [0, 0.05) is 12.5 Å². The van der Waals surface area contributed by atoms with Crippen molar-refractivity contribution in [3.63, 3.8) is 0 Å². The molecule has 0 aromatic heterocycles. The van der Waals surface area contributed by atoms with Gasteiger partial charge in [-0.15, -0.1) is 0 Å². The minimum atomic E-state index is -0.000316. The third-order valence-electron chi connectivity index (χ3n) is 12.1. The van der Waals surface area contributed by atoms with Crippen LogP contribution in [0.1, 0.15) is 98.3 Å². The number of fused-ring (bicyclic) bond motifs is 7. The lowest BCUT2D eigenvalue weighted by atomic mass is 9.44. The molecule has 6 rings (SSSR count). The van der Waals surface area contributed by atoms with E-state index in [1.54, 1.807) is 0 Å². The van der Waals surface area contributed by atoms with Crippen LogP contribution < -0.4 is 5.32 Å². The molecule has 0 bridgehead atoms. The molecule has 0 amide bonds. The van der Waals surface area contributed by atoms with Crippen LogP contribution in [0.4, 0.5) is 0 Å². The fourth-order valence-electron chi connectivity index (χ4n) is 10.5. The van der Waals surface area contributed by atoms with Crippen molar-refractivity contribution in [3.05, 3.63) is 0 Å². The van der Waals surface area contributed by atoms with Crippen LogP contribution in [0, 0.1) is 52.3 Å². The Morgan fingerprint density at radius 2 is 1.69 bits per heavy atom. The predicted octanol–water partition coefficient (Wildman–Crippen LogP) is 6.40. The Morgan fingerprint density at radius 1 is 0.828 bits per heavy atom. The maximum Gasteiger partial charge on any atom is 0.122 e. The van der Waals surface area contributed by atoms with Gasteiger partial charge < -0.3 is 4.74 Å². The van der Waals surface area contributed by atoms with Gasteiger partial charge in [-0.2, -0.15) is 0 Å². The molecular weight excluding hydrogens is 354 g/mol. The molecule has 0 radical (unpaired) electrons. The fraction of sp³-hybridized carbons (Fsp3) is 1.00. The van der Waals surface area contributed by atoms with Gasteiger partial charge in [-0.05, 0) is 104 Å². The molecule has 2 saturated heterocycles. The van der Waals surface area contributed by atoms with Crippen LogP contribution in [0.5, 0.6) is 0 Å². The Balaban J connectivity index is 1.27. The summed E-state index contributed by atoms with van der Waals surface area (Å²) < 4.78 is 7.03. The van der Waals surface area contributed by atoms with Crippen molar-refractivity contribution in [1.29, 1.82) is 0 Å². The zero-order chi connectivity index (χ0) is 20.0. The van der Waals surface area contributed by atoms with Crippen molar-refractivity contribution in [2.24, 2.45) is 52.3 Å².